The van der Waals surface area contributed by atoms with E-state index in [1.54, 1.807) is 6.07 Å². The van der Waals surface area contributed by atoms with Gasteiger partial charge in [0.05, 0.1) is 21.3 Å². The van der Waals surface area contributed by atoms with Crippen molar-refractivity contribution >= 4 is 23.3 Å². The molecule has 0 aromatic heterocycles. The molecule has 30 heavy (non-hydrogen) atoms. The third-order valence-corrected chi connectivity index (χ3v) is 4.88. The number of rotatable bonds is 8. The molecule has 8 heteroatoms. The zero-order chi connectivity index (χ0) is 21.5. The highest BCUT2D eigenvalue weighted by Gasteiger charge is 2.22. The Morgan fingerprint density at radius 1 is 0.900 bits per heavy atom. The van der Waals surface area contributed by atoms with E-state index < -0.39 is 18.5 Å². The van der Waals surface area contributed by atoms with Crippen molar-refractivity contribution in [2.45, 2.75) is 12.8 Å². The number of benzene rings is 2. The van der Waals surface area contributed by atoms with Crippen molar-refractivity contribution in [3.63, 3.8) is 0 Å². The number of carbonyl (C=O) groups is 2. The minimum atomic E-state index is -0.702. The van der Waals surface area contributed by atoms with Crippen molar-refractivity contribution in [1.29, 1.82) is 0 Å². The second-order valence-electron chi connectivity index (χ2n) is 6.75. The summed E-state index contributed by atoms with van der Waals surface area (Å²) in [7, 11) is 4.34. The van der Waals surface area contributed by atoms with Gasteiger partial charge in [0.2, 0.25) is 5.75 Å². The molecule has 0 spiro atoms. The molecule has 8 nitrogen and oxygen atoms in total. The lowest BCUT2D eigenvalue weighted by atomic mass is 10.1. The van der Waals surface area contributed by atoms with Crippen molar-refractivity contribution in [3.05, 3.63) is 42.0 Å². The van der Waals surface area contributed by atoms with Gasteiger partial charge in [0, 0.05) is 24.5 Å². The Labute approximate surface area is 175 Å². The summed E-state index contributed by atoms with van der Waals surface area (Å²) >= 11 is 0. The van der Waals surface area contributed by atoms with E-state index in [2.05, 4.69) is 10.2 Å². The molecule has 1 saturated heterocycles. The van der Waals surface area contributed by atoms with Gasteiger partial charge in [-0.05, 0) is 49.2 Å². The SMILES string of the molecule is COc1ccc(C(=O)OCC(=O)Nc2ccc(N3CCCC3)cc2)c(OC)c1OC. The first kappa shape index (κ1) is 21.3. The second-order valence-corrected chi connectivity index (χ2v) is 6.75. The molecule has 1 heterocycles. The van der Waals surface area contributed by atoms with Gasteiger partial charge in [-0.15, -0.1) is 0 Å². The van der Waals surface area contributed by atoms with Crippen LogP contribution in [0, 0.1) is 0 Å². The molecule has 2 aromatic carbocycles. The molecular weight excluding hydrogens is 388 g/mol. The van der Waals surface area contributed by atoms with Gasteiger partial charge in [-0.2, -0.15) is 0 Å². The standard InChI is InChI=1S/C22H26N2O6/c1-27-18-11-10-17(20(28-2)21(18)29-3)22(26)30-14-19(25)23-15-6-8-16(9-7-15)24-12-4-5-13-24/h6-11H,4-5,12-14H2,1-3H3,(H,23,25). The van der Waals surface area contributed by atoms with Gasteiger partial charge < -0.3 is 29.2 Å². The molecule has 160 valence electrons. The van der Waals surface area contributed by atoms with E-state index >= 15 is 0 Å². The third kappa shape index (κ3) is 4.76. The molecule has 0 saturated carbocycles. The summed E-state index contributed by atoms with van der Waals surface area (Å²) in [6.07, 6.45) is 2.41. The highest BCUT2D eigenvalue weighted by Crippen LogP contribution is 2.39. The van der Waals surface area contributed by atoms with Crippen LogP contribution in [-0.4, -0.2) is 52.9 Å². The summed E-state index contributed by atoms with van der Waals surface area (Å²) in [6.45, 7) is 1.69. The number of amides is 1. The fourth-order valence-electron chi connectivity index (χ4n) is 3.40. The maximum atomic E-state index is 12.5. The summed E-state index contributed by atoms with van der Waals surface area (Å²) in [5.41, 5.74) is 1.91. The van der Waals surface area contributed by atoms with E-state index in [0.29, 0.717) is 11.4 Å². The molecule has 0 aliphatic carbocycles. The van der Waals surface area contributed by atoms with Crippen LogP contribution in [0.4, 0.5) is 11.4 Å². The smallest absolute Gasteiger partial charge is 0.342 e. The highest BCUT2D eigenvalue weighted by atomic mass is 16.5. The van der Waals surface area contributed by atoms with Crippen molar-refractivity contribution in [2.24, 2.45) is 0 Å². The van der Waals surface area contributed by atoms with Crippen LogP contribution in [0.5, 0.6) is 17.2 Å². The quantitative estimate of drug-likeness (QED) is 0.664. The van der Waals surface area contributed by atoms with Crippen molar-refractivity contribution < 1.29 is 28.5 Å². The predicted molar refractivity (Wildman–Crippen MR) is 113 cm³/mol. The second kappa shape index (κ2) is 9.87. The maximum Gasteiger partial charge on any atom is 0.342 e. The van der Waals surface area contributed by atoms with Gasteiger partial charge in [0.15, 0.2) is 18.1 Å². The predicted octanol–water partition coefficient (Wildman–Crippen LogP) is 3.11. The average Bonchev–Trinajstić information content (AvgIpc) is 3.31. The van der Waals surface area contributed by atoms with Gasteiger partial charge in [-0.25, -0.2) is 4.79 Å². The van der Waals surface area contributed by atoms with Crippen LogP contribution < -0.4 is 24.4 Å². The first-order chi connectivity index (χ1) is 14.6. The van der Waals surface area contributed by atoms with Crippen LogP contribution in [0.3, 0.4) is 0 Å². The summed E-state index contributed by atoms with van der Waals surface area (Å²) < 4.78 is 20.9. The fraction of sp³-hybridized carbons (Fsp3) is 0.364. The number of methoxy groups -OCH3 is 3. The van der Waals surface area contributed by atoms with E-state index in [1.807, 2.05) is 24.3 Å². The van der Waals surface area contributed by atoms with Crippen LogP contribution in [0.15, 0.2) is 36.4 Å². The lowest BCUT2D eigenvalue weighted by Crippen LogP contribution is -2.21. The Kier molecular flexibility index (Phi) is 7.00. The van der Waals surface area contributed by atoms with Gasteiger partial charge in [0.1, 0.15) is 5.56 Å². The van der Waals surface area contributed by atoms with Crippen LogP contribution in [0.1, 0.15) is 23.2 Å². The average molecular weight is 414 g/mol. The third-order valence-electron chi connectivity index (χ3n) is 4.88. The first-order valence-electron chi connectivity index (χ1n) is 9.68. The van der Waals surface area contributed by atoms with Gasteiger partial charge in [0.25, 0.3) is 5.91 Å². The number of nitrogens with one attached hydrogen (secondary N) is 1. The Hall–Kier alpha value is -3.42. The molecule has 0 atom stereocenters. The Morgan fingerprint density at radius 3 is 2.17 bits per heavy atom. The monoisotopic (exact) mass is 414 g/mol. The van der Waals surface area contributed by atoms with Crippen LogP contribution in [0.25, 0.3) is 0 Å². The normalized spacial score (nSPS) is 13.0. The van der Waals surface area contributed by atoms with Crippen LogP contribution in [-0.2, 0) is 9.53 Å². The number of ether oxygens (including phenoxy) is 4. The molecule has 1 fully saturated rings. The minimum absolute atomic E-state index is 0.137. The van der Waals surface area contributed by atoms with Crippen LogP contribution in [0.2, 0.25) is 0 Å². The zero-order valence-electron chi connectivity index (χ0n) is 17.4. The molecule has 0 unspecified atom stereocenters. The Balaban J connectivity index is 1.58. The number of hydrogen-bond acceptors (Lipinski definition) is 7. The van der Waals surface area contributed by atoms with Crippen LogP contribution >= 0.6 is 0 Å². The molecule has 1 N–H and O–H groups in total. The van der Waals surface area contributed by atoms with Gasteiger partial charge >= 0.3 is 5.97 Å². The topological polar surface area (TPSA) is 86.3 Å². The Bertz CT molecular complexity index is 891. The molecule has 2 aromatic rings. The number of carbonyl (C=O) groups excluding carboxylic acids is 2. The summed E-state index contributed by atoms with van der Waals surface area (Å²) in [4.78, 5) is 27.0. The molecule has 1 aliphatic heterocycles. The largest absolute Gasteiger partial charge is 0.493 e. The first-order valence-corrected chi connectivity index (χ1v) is 9.68. The number of esters is 1. The van der Waals surface area contributed by atoms with E-state index in [4.69, 9.17) is 18.9 Å². The Morgan fingerprint density at radius 2 is 1.57 bits per heavy atom. The van der Waals surface area contributed by atoms with Gasteiger partial charge in [-0.3, -0.25) is 4.79 Å². The zero-order valence-corrected chi connectivity index (χ0v) is 17.4. The maximum absolute atomic E-state index is 12.5. The number of nitrogens with zero attached hydrogens (tertiary/aromatic N) is 1. The summed E-state index contributed by atoms with van der Waals surface area (Å²) in [6, 6.07) is 10.7. The number of hydrogen-bond donors (Lipinski definition) is 1. The summed E-state index contributed by atoms with van der Waals surface area (Å²) in [5.74, 6) is -0.262. The van der Waals surface area contributed by atoms with E-state index in [1.165, 1.54) is 40.2 Å². The molecule has 0 radical (unpaired) electrons. The highest BCUT2D eigenvalue weighted by molar-refractivity contribution is 5.97. The fourth-order valence-corrected chi connectivity index (χ4v) is 3.40. The van der Waals surface area contributed by atoms with E-state index in [0.717, 1.165) is 18.8 Å². The minimum Gasteiger partial charge on any atom is -0.493 e. The van der Waals surface area contributed by atoms with Crippen molar-refractivity contribution in [1.82, 2.24) is 0 Å². The molecule has 0 bridgehead atoms. The lowest BCUT2D eigenvalue weighted by molar-refractivity contribution is -0.119. The van der Waals surface area contributed by atoms with Crippen molar-refractivity contribution in [2.75, 3.05) is 51.2 Å². The van der Waals surface area contributed by atoms with Crippen molar-refractivity contribution in [3.8, 4) is 17.2 Å². The lowest BCUT2D eigenvalue weighted by Gasteiger charge is -2.17. The van der Waals surface area contributed by atoms with E-state index in [9.17, 15) is 9.59 Å². The molecule has 1 amide bonds. The molecular formula is C22H26N2O6. The van der Waals surface area contributed by atoms with Gasteiger partial charge in [-0.1, -0.05) is 0 Å². The number of anilines is 2. The molecule has 1 aliphatic rings. The van der Waals surface area contributed by atoms with E-state index in [-0.39, 0.29) is 17.1 Å². The molecule has 3 rings (SSSR count). The summed E-state index contributed by atoms with van der Waals surface area (Å²) in [5, 5.41) is 2.73.